The Morgan fingerprint density at radius 3 is 2.62 bits per heavy atom. The van der Waals surface area contributed by atoms with Crippen molar-refractivity contribution >= 4 is 23.3 Å². The molecule has 0 aliphatic heterocycles. The van der Waals surface area contributed by atoms with E-state index in [4.69, 9.17) is 16.3 Å². The zero-order valence-electron chi connectivity index (χ0n) is 13.9. The number of hydrogen-bond donors (Lipinski definition) is 2. The molecular formula is C17H21ClN4O2. The number of ether oxygens (including phenoxy) is 1. The van der Waals surface area contributed by atoms with Gasteiger partial charge in [-0.3, -0.25) is 0 Å². The number of halogens is 1. The van der Waals surface area contributed by atoms with Crippen LogP contribution < -0.4 is 15.4 Å². The largest absolute Gasteiger partial charge is 0.481 e. The van der Waals surface area contributed by atoms with Crippen molar-refractivity contribution in [2.75, 3.05) is 33.1 Å². The molecule has 0 aliphatic rings. The van der Waals surface area contributed by atoms with E-state index in [0.717, 1.165) is 5.56 Å². The van der Waals surface area contributed by atoms with E-state index in [1.54, 1.807) is 12.1 Å². The first-order chi connectivity index (χ1) is 11.5. The molecule has 0 aliphatic carbocycles. The third-order valence-corrected chi connectivity index (χ3v) is 3.89. The van der Waals surface area contributed by atoms with Crippen LogP contribution in [0.4, 0.5) is 10.5 Å². The van der Waals surface area contributed by atoms with Gasteiger partial charge >= 0.3 is 6.03 Å². The lowest BCUT2D eigenvalue weighted by Gasteiger charge is -2.26. The average Bonchev–Trinajstić information content (AvgIpc) is 2.57. The van der Waals surface area contributed by atoms with Gasteiger partial charge in [0, 0.05) is 17.6 Å². The molecule has 2 amide bonds. The second kappa shape index (κ2) is 8.52. The highest BCUT2D eigenvalue weighted by molar-refractivity contribution is 6.31. The van der Waals surface area contributed by atoms with Crippen LogP contribution in [0, 0.1) is 0 Å². The van der Waals surface area contributed by atoms with Crippen molar-refractivity contribution in [1.29, 1.82) is 0 Å². The highest BCUT2D eigenvalue weighted by atomic mass is 35.5. The van der Waals surface area contributed by atoms with Crippen LogP contribution >= 0.6 is 11.6 Å². The number of likely N-dealkylation sites (N-methyl/N-ethyl adjacent to an activating group) is 1. The summed E-state index contributed by atoms with van der Waals surface area (Å²) in [5, 5.41) is 6.27. The van der Waals surface area contributed by atoms with E-state index < -0.39 is 0 Å². The number of anilines is 1. The van der Waals surface area contributed by atoms with Crippen molar-refractivity contribution in [2.24, 2.45) is 0 Å². The Morgan fingerprint density at radius 2 is 2.04 bits per heavy atom. The number of nitrogens with zero attached hydrogens (tertiary/aromatic N) is 2. The predicted octanol–water partition coefficient (Wildman–Crippen LogP) is 3.17. The maximum Gasteiger partial charge on any atom is 0.319 e. The van der Waals surface area contributed by atoms with E-state index in [-0.39, 0.29) is 12.1 Å². The summed E-state index contributed by atoms with van der Waals surface area (Å²) in [6, 6.07) is 10.7. The third kappa shape index (κ3) is 4.84. The lowest BCUT2D eigenvalue weighted by Crippen LogP contribution is -2.37. The summed E-state index contributed by atoms with van der Waals surface area (Å²) in [6.45, 7) is 0.423. The molecule has 1 heterocycles. The first-order valence-corrected chi connectivity index (χ1v) is 7.85. The molecule has 2 aromatic rings. The number of urea groups is 1. The van der Waals surface area contributed by atoms with Crippen molar-refractivity contribution in [3.63, 3.8) is 0 Å². The van der Waals surface area contributed by atoms with Gasteiger partial charge in [0.25, 0.3) is 0 Å². The number of rotatable bonds is 6. The minimum Gasteiger partial charge on any atom is -0.481 e. The predicted molar refractivity (Wildman–Crippen MR) is 95.7 cm³/mol. The van der Waals surface area contributed by atoms with Gasteiger partial charge in [0.2, 0.25) is 5.88 Å². The maximum atomic E-state index is 12.1. The lowest BCUT2D eigenvalue weighted by atomic mass is 10.1. The van der Waals surface area contributed by atoms with Crippen molar-refractivity contribution in [2.45, 2.75) is 6.04 Å². The minimum atomic E-state index is -0.305. The van der Waals surface area contributed by atoms with Crippen LogP contribution in [-0.2, 0) is 0 Å². The summed E-state index contributed by atoms with van der Waals surface area (Å²) in [6.07, 6.45) is 1.54. The van der Waals surface area contributed by atoms with Crippen LogP contribution in [0.3, 0.4) is 0 Å². The van der Waals surface area contributed by atoms with Gasteiger partial charge in [-0.05, 0) is 31.8 Å². The van der Waals surface area contributed by atoms with E-state index in [1.807, 2.05) is 43.3 Å². The number of amides is 2. The molecule has 7 heteroatoms. The van der Waals surface area contributed by atoms with Gasteiger partial charge in [-0.15, -0.1) is 0 Å². The molecule has 0 saturated carbocycles. The van der Waals surface area contributed by atoms with Crippen LogP contribution in [0.15, 0.2) is 42.6 Å². The number of aromatic nitrogens is 1. The molecule has 0 spiro atoms. The number of benzene rings is 1. The highest BCUT2D eigenvalue weighted by Crippen LogP contribution is 2.25. The first kappa shape index (κ1) is 18.0. The number of hydrogen-bond acceptors (Lipinski definition) is 4. The first-order valence-electron chi connectivity index (χ1n) is 7.47. The topological polar surface area (TPSA) is 66.5 Å². The molecule has 0 fully saturated rings. The molecule has 2 rings (SSSR count). The van der Waals surface area contributed by atoms with E-state index >= 15 is 0 Å². The smallest absolute Gasteiger partial charge is 0.319 e. The van der Waals surface area contributed by atoms with Gasteiger partial charge < -0.3 is 20.3 Å². The van der Waals surface area contributed by atoms with Crippen LogP contribution in [0.5, 0.6) is 5.88 Å². The summed E-state index contributed by atoms with van der Waals surface area (Å²) in [5.41, 5.74) is 1.56. The van der Waals surface area contributed by atoms with Gasteiger partial charge in [-0.25, -0.2) is 9.78 Å². The quantitative estimate of drug-likeness (QED) is 0.841. The summed E-state index contributed by atoms with van der Waals surface area (Å²) in [5.74, 6) is 0.493. The molecule has 0 bridgehead atoms. The maximum absolute atomic E-state index is 12.1. The molecule has 128 valence electrons. The molecule has 1 aromatic carbocycles. The van der Waals surface area contributed by atoms with E-state index in [2.05, 4.69) is 15.6 Å². The lowest BCUT2D eigenvalue weighted by molar-refractivity contribution is 0.243. The molecule has 0 unspecified atom stereocenters. The number of nitrogens with one attached hydrogen (secondary N) is 2. The van der Waals surface area contributed by atoms with Gasteiger partial charge in [0.1, 0.15) is 0 Å². The molecule has 1 aromatic heterocycles. The third-order valence-electron chi connectivity index (χ3n) is 3.55. The van der Waals surface area contributed by atoms with Gasteiger partial charge in [-0.1, -0.05) is 29.8 Å². The SMILES string of the molecule is COc1ccc(NC(=O)NC[C@H](c2ccccc2Cl)N(C)C)cn1. The number of carbonyl (C=O) groups excluding carboxylic acids is 1. The van der Waals surface area contributed by atoms with E-state index in [0.29, 0.717) is 23.1 Å². The van der Waals surface area contributed by atoms with Gasteiger partial charge in [-0.2, -0.15) is 0 Å². The van der Waals surface area contributed by atoms with Crippen LogP contribution in [0.2, 0.25) is 5.02 Å². The van der Waals surface area contributed by atoms with Gasteiger partial charge in [0.15, 0.2) is 0 Å². The Kier molecular flexibility index (Phi) is 6.40. The number of pyridine rings is 1. The molecule has 2 N–H and O–H groups in total. The standard InChI is InChI=1S/C17H21ClN4O2/c1-22(2)15(13-6-4-5-7-14(13)18)11-20-17(23)21-12-8-9-16(24-3)19-10-12/h4-10,15H,11H2,1-3H3,(H2,20,21,23)/t15-/m1/s1. The fourth-order valence-corrected chi connectivity index (χ4v) is 2.52. The van der Waals surface area contributed by atoms with Crippen molar-refractivity contribution in [1.82, 2.24) is 15.2 Å². The Bertz CT molecular complexity index is 677. The second-order valence-electron chi connectivity index (χ2n) is 5.43. The molecular weight excluding hydrogens is 328 g/mol. The van der Waals surface area contributed by atoms with Crippen LogP contribution in [0.1, 0.15) is 11.6 Å². The Hall–Kier alpha value is -2.31. The average molecular weight is 349 g/mol. The minimum absolute atomic E-state index is 0.0292. The molecule has 6 nitrogen and oxygen atoms in total. The van der Waals surface area contributed by atoms with Crippen molar-refractivity contribution in [3.05, 3.63) is 53.2 Å². The van der Waals surface area contributed by atoms with E-state index in [1.165, 1.54) is 13.3 Å². The summed E-state index contributed by atoms with van der Waals surface area (Å²) < 4.78 is 4.98. The Morgan fingerprint density at radius 1 is 1.29 bits per heavy atom. The van der Waals surface area contributed by atoms with Crippen molar-refractivity contribution in [3.8, 4) is 5.88 Å². The second-order valence-corrected chi connectivity index (χ2v) is 5.83. The fraction of sp³-hybridized carbons (Fsp3) is 0.294. The summed E-state index contributed by atoms with van der Waals surface area (Å²) >= 11 is 6.26. The Labute approximate surface area is 146 Å². The number of carbonyl (C=O) groups is 1. The van der Waals surface area contributed by atoms with Crippen LogP contribution in [-0.4, -0.2) is 43.7 Å². The molecule has 0 saturated heterocycles. The zero-order chi connectivity index (χ0) is 17.5. The van der Waals surface area contributed by atoms with E-state index in [9.17, 15) is 4.79 Å². The highest BCUT2D eigenvalue weighted by Gasteiger charge is 2.17. The number of methoxy groups -OCH3 is 1. The van der Waals surface area contributed by atoms with Crippen LogP contribution in [0.25, 0.3) is 0 Å². The molecule has 1 atom stereocenters. The summed E-state index contributed by atoms with van der Waals surface area (Å²) in [7, 11) is 5.43. The van der Waals surface area contributed by atoms with Crippen molar-refractivity contribution < 1.29 is 9.53 Å². The fourth-order valence-electron chi connectivity index (χ4n) is 2.26. The molecule has 0 radical (unpaired) electrons. The zero-order valence-corrected chi connectivity index (χ0v) is 14.7. The summed E-state index contributed by atoms with van der Waals surface area (Å²) in [4.78, 5) is 18.1. The van der Waals surface area contributed by atoms with Gasteiger partial charge in [0.05, 0.1) is 25.0 Å². The monoisotopic (exact) mass is 348 g/mol. The Balaban J connectivity index is 1.96. The normalized spacial score (nSPS) is 11.9. The molecule has 24 heavy (non-hydrogen) atoms.